The number of rotatable bonds is 5. The molecular formula is C13H16ClNO4. The molecule has 0 fully saturated rings. The maximum atomic E-state index is 11.0. The van der Waals surface area contributed by atoms with Crippen molar-refractivity contribution >= 4 is 23.5 Å². The molecule has 5 nitrogen and oxygen atoms in total. The van der Waals surface area contributed by atoms with Gasteiger partial charge in [0.2, 0.25) is 5.91 Å². The molecule has 1 amide bonds. The van der Waals surface area contributed by atoms with Gasteiger partial charge in [-0.15, -0.1) is 0 Å². The second-order valence-corrected chi connectivity index (χ2v) is 4.71. The maximum Gasteiger partial charge on any atom is 0.329 e. The minimum absolute atomic E-state index is 0.141. The molecule has 0 aliphatic rings. The van der Waals surface area contributed by atoms with Crippen molar-refractivity contribution < 1.29 is 19.4 Å². The quantitative estimate of drug-likeness (QED) is 0.867. The van der Waals surface area contributed by atoms with Crippen molar-refractivity contribution in [3.63, 3.8) is 0 Å². The van der Waals surface area contributed by atoms with Crippen molar-refractivity contribution in [2.24, 2.45) is 0 Å². The summed E-state index contributed by atoms with van der Waals surface area (Å²) in [4.78, 5) is 21.9. The largest absolute Gasteiger partial charge is 0.490 e. The molecule has 0 bridgehead atoms. The highest BCUT2D eigenvalue weighted by atomic mass is 35.5. The fraction of sp³-hybridized carbons (Fsp3) is 0.385. The molecule has 1 rings (SSSR count). The van der Waals surface area contributed by atoms with Crippen molar-refractivity contribution in [2.45, 2.75) is 26.8 Å². The standard InChI is InChI=1S/C13H16ClNO4/c1-7-4-10(14)5-8(2)12(7)19-6-11(13(17)18)15-9(3)16/h4-5,11H,6H2,1-3H3,(H,15,16)(H,17,18). The van der Waals surface area contributed by atoms with Crippen LogP contribution in [0, 0.1) is 13.8 Å². The molecule has 1 aromatic carbocycles. The number of carbonyl (C=O) groups is 2. The Morgan fingerprint density at radius 2 is 1.89 bits per heavy atom. The molecule has 1 unspecified atom stereocenters. The lowest BCUT2D eigenvalue weighted by Crippen LogP contribution is -2.43. The Kier molecular flexibility index (Phi) is 5.18. The van der Waals surface area contributed by atoms with E-state index >= 15 is 0 Å². The topological polar surface area (TPSA) is 75.6 Å². The van der Waals surface area contributed by atoms with Gasteiger partial charge in [0.15, 0.2) is 6.04 Å². The zero-order valence-corrected chi connectivity index (χ0v) is 11.7. The van der Waals surface area contributed by atoms with Crippen LogP contribution in [0.5, 0.6) is 5.75 Å². The lowest BCUT2D eigenvalue weighted by atomic mass is 10.1. The monoisotopic (exact) mass is 285 g/mol. The van der Waals surface area contributed by atoms with Gasteiger partial charge in [0.05, 0.1) is 0 Å². The number of carbonyl (C=O) groups excluding carboxylic acids is 1. The fourth-order valence-corrected chi connectivity index (χ4v) is 2.04. The first-order valence-corrected chi connectivity index (χ1v) is 6.08. The summed E-state index contributed by atoms with van der Waals surface area (Å²) in [5, 5.41) is 11.9. The Bertz CT molecular complexity index is 478. The van der Waals surface area contributed by atoms with E-state index in [-0.39, 0.29) is 6.61 Å². The zero-order valence-electron chi connectivity index (χ0n) is 11.0. The number of ether oxygens (including phenoxy) is 1. The van der Waals surface area contributed by atoms with E-state index in [1.807, 2.05) is 13.8 Å². The van der Waals surface area contributed by atoms with Crippen LogP contribution in [0.2, 0.25) is 5.02 Å². The van der Waals surface area contributed by atoms with E-state index < -0.39 is 17.9 Å². The van der Waals surface area contributed by atoms with Crippen LogP contribution in [0.4, 0.5) is 0 Å². The molecule has 1 aromatic rings. The van der Waals surface area contributed by atoms with Crippen LogP contribution in [0.15, 0.2) is 12.1 Å². The molecule has 0 aliphatic heterocycles. The van der Waals surface area contributed by atoms with E-state index in [0.29, 0.717) is 10.8 Å². The number of carboxylic acids is 1. The smallest absolute Gasteiger partial charge is 0.329 e. The fourth-order valence-electron chi connectivity index (χ4n) is 1.71. The summed E-state index contributed by atoms with van der Waals surface area (Å²) in [5.41, 5.74) is 1.63. The van der Waals surface area contributed by atoms with Crippen molar-refractivity contribution in [3.8, 4) is 5.75 Å². The van der Waals surface area contributed by atoms with Gasteiger partial charge in [-0.3, -0.25) is 4.79 Å². The molecule has 0 saturated heterocycles. The Hall–Kier alpha value is -1.75. The number of nitrogens with one attached hydrogen (secondary N) is 1. The highest BCUT2D eigenvalue weighted by Crippen LogP contribution is 2.27. The summed E-state index contributed by atoms with van der Waals surface area (Å²) < 4.78 is 5.49. The molecule has 0 heterocycles. The van der Waals surface area contributed by atoms with Crippen LogP contribution >= 0.6 is 11.6 Å². The molecule has 0 aromatic heterocycles. The van der Waals surface area contributed by atoms with Crippen LogP contribution < -0.4 is 10.1 Å². The summed E-state index contributed by atoms with van der Waals surface area (Å²) in [5.74, 6) is -0.971. The SMILES string of the molecule is CC(=O)NC(COc1c(C)cc(Cl)cc1C)C(=O)O. The van der Waals surface area contributed by atoms with E-state index in [1.165, 1.54) is 6.92 Å². The molecule has 19 heavy (non-hydrogen) atoms. The molecule has 104 valence electrons. The van der Waals surface area contributed by atoms with Crippen molar-refractivity contribution in [1.29, 1.82) is 0 Å². The second kappa shape index (κ2) is 6.43. The van der Waals surface area contributed by atoms with E-state index in [1.54, 1.807) is 12.1 Å². The average Bonchev–Trinajstić information content (AvgIpc) is 2.25. The number of halogens is 1. The van der Waals surface area contributed by atoms with Gasteiger partial charge in [-0.05, 0) is 37.1 Å². The number of carboxylic acid groups (broad SMARTS) is 1. The van der Waals surface area contributed by atoms with Crippen molar-refractivity contribution in [2.75, 3.05) is 6.61 Å². The minimum Gasteiger partial charge on any atom is -0.490 e. The second-order valence-electron chi connectivity index (χ2n) is 4.27. The Morgan fingerprint density at radius 3 is 2.32 bits per heavy atom. The van der Waals surface area contributed by atoms with Crippen LogP contribution in [0.1, 0.15) is 18.1 Å². The zero-order chi connectivity index (χ0) is 14.6. The van der Waals surface area contributed by atoms with Gasteiger partial charge in [-0.2, -0.15) is 0 Å². The third-order valence-corrected chi connectivity index (χ3v) is 2.71. The highest BCUT2D eigenvalue weighted by molar-refractivity contribution is 6.30. The molecule has 0 saturated carbocycles. The minimum atomic E-state index is -1.14. The number of hydrogen-bond acceptors (Lipinski definition) is 3. The molecule has 6 heteroatoms. The number of aliphatic carboxylic acids is 1. The normalized spacial score (nSPS) is 11.8. The number of benzene rings is 1. The van der Waals surface area contributed by atoms with E-state index in [2.05, 4.69) is 5.32 Å². The molecule has 2 N–H and O–H groups in total. The van der Waals surface area contributed by atoms with E-state index in [9.17, 15) is 9.59 Å². The summed E-state index contributed by atoms with van der Waals surface area (Å²) in [6.07, 6.45) is 0. The highest BCUT2D eigenvalue weighted by Gasteiger charge is 2.20. The Labute approximate surface area is 116 Å². The molecule has 0 spiro atoms. The number of hydrogen-bond donors (Lipinski definition) is 2. The summed E-state index contributed by atoms with van der Waals surface area (Å²) in [6, 6.07) is 2.39. The van der Waals surface area contributed by atoms with E-state index in [4.69, 9.17) is 21.4 Å². The van der Waals surface area contributed by atoms with Gasteiger partial charge < -0.3 is 15.2 Å². The number of aryl methyl sites for hydroxylation is 2. The van der Waals surface area contributed by atoms with Crippen LogP contribution in [0.3, 0.4) is 0 Å². The molecule has 0 aliphatic carbocycles. The predicted molar refractivity (Wildman–Crippen MR) is 71.7 cm³/mol. The van der Waals surface area contributed by atoms with Gasteiger partial charge >= 0.3 is 5.97 Å². The van der Waals surface area contributed by atoms with E-state index in [0.717, 1.165) is 11.1 Å². The first-order valence-electron chi connectivity index (χ1n) is 5.70. The Balaban J connectivity index is 2.80. The average molecular weight is 286 g/mol. The first kappa shape index (κ1) is 15.3. The van der Waals surface area contributed by atoms with Gasteiger partial charge in [0, 0.05) is 11.9 Å². The van der Waals surface area contributed by atoms with Gasteiger partial charge in [0.1, 0.15) is 12.4 Å². The van der Waals surface area contributed by atoms with Gasteiger partial charge in [0.25, 0.3) is 0 Å². The lowest BCUT2D eigenvalue weighted by Gasteiger charge is -2.17. The van der Waals surface area contributed by atoms with Gasteiger partial charge in [-0.25, -0.2) is 4.79 Å². The molecule has 1 atom stereocenters. The van der Waals surface area contributed by atoms with Crippen molar-refractivity contribution in [3.05, 3.63) is 28.3 Å². The maximum absolute atomic E-state index is 11.0. The predicted octanol–water partition coefficient (Wildman–Crippen LogP) is 1.92. The summed E-state index contributed by atoms with van der Waals surface area (Å²) in [7, 11) is 0. The van der Waals surface area contributed by atoms with Crippen LogP contribution in [-0.2, 0) is 9.59 Å². The Morgan fingerprint density at radius 1 is 1.37 bits per heavy atom. The summed E-state index contributed by atoms with van der Waals surface area (Å²) >= 11 is 5.90. The number of amides is 1. The molecule has 0 radical (unpaired) electrons. The summed E-state index contributed by atoms with van der Waals surface area (Å²) in [6.45, 7) is 4.76. The lowest BCUT2D eigenvalue weighted by molar-refractivity contribution is -0.142. The first-order chi connectivity index (χ1) is 8.81. The third-order valence-electron chi connectivity index (χ3n) is 2.50. The van der Waals surface area contributed by atoms with Crippen LogP contribution in [-0.4, -0.2) is 29.6 Å². The van der Waals surface area contributed by atoms with Gasteiger partial charge in [-0.1, -0.05) is 11.6 Å². The third kappa shape index (κ3) is 4.44. The molecular weight excluding hydrogens is 270 g/mol. The van der Waals surface area contributed by atoms with Crippen molar-refractivity contribution in [1.82, 2.24) is 5.32 Å². The van der Waals surface area contributed by atoms with Crippen LogP contribution in [0.25, 0.3) is 0 Å².